The highest BCUT2D eigenvalue weighted by Crippen LogP contribution is 2.14. The van der Waals surface area contributed by atoms with Crippen molar-refractivity contribution in [3.8, 4) is 0 Å². The Morgan fingerprint density at radius 1 is 0.737 bits per heavy atom. The molecule has 0 aliphatic rings. The Bertz CT molecular complexity index is 582. The summed E-state index contributed by atoms with van der Waals surface area (Å²) in [7, 11) is 0. The van der Waals surface area contributed by atoms with Gasteiger partial charge in [-0.05, 0) is 36.4 Å². The van der Waals surface area contributed by atoms with E-state index in [0.29, 0.717) is 15.0 Å². The van der Waals surface area contributed by atoms with Gasteiger partial charge in [0.1, 0.15) is 9.98 Å². The van der Waals surface area contributed by atoms with Gasteiger partial charge in [0.05, 0.1) is 0 Å². The third kappa shape index (κ3) is 4.28. The van der Waals surface area contributed by atoms with E-state index < -0.39 is 0 Å². The van der Waals surface area contributed by atoms with E-state index in [0.717, 1.165) is 11.4 Å². The van der Waals surface area contributed by atoms with Crippen LogP contribution in [0.2, 0.25) is 5.02 Å². The SMILES string of the molecule is S=C(Nc1ccccc1)C(=S)Nc1ccc(Cl)cc1. The van der Waals surface area contributed by atoms with Crippen molar-refractivity contribution >= 4 is 57.4 Å². The number of hydrogen-bond acceptors (Lipinski definition) is 2. The van der Waals surface area contributed by atoms with Crippen molar-refractivity contribution in [2.75, 3.05) is 10.6 Å². The average molecular weight is 307 g/mol. The fourth-order valence-corrected chi connectivity index (χ4v) is 1.89. The third-order valence-corrected chi connectivity index (χ3v) is 3.33. The normalized spacial score (nSPS) is 9.74. The van der Waals surface area contributed by atoms with Crippen LogP contribution in [0.5, 0.6) is 0 Å². The summed E-state index contributed by atoms with van der Waals surface area (Å²) in [4.78, 5) is 0.956. The molecule has 0 spiro atoms. The van der Waals surface area contributed by atoms with E-state index in [2.05, 4.69) is 10.6 Å². The minimum Gasteiger partial charge on any atom is -0.344 e. The van der Waals surface area contributed by atoms with E-state index in [1.54, 1.807) is 12.1 Å². The standard InChI is InChI=1S/C14H11ClN2S2/c15-10-6-8-12(9-7-10)17-14(19)13(18)16-11-4-2-1-3-5-11/h1-9H,(H,16,18)(H,17,19). The molecular weight excluding hydrogens is 296 g/mol. The summed E-state index contributed by atoms with van der Waals surface area (Å²) < 4.78 is 0. The zero-order chi connectivity index (χ0) is 13.7. The molecule has 0 unspecified atom stereocenters. The van der Waals surface area contributed by atoms with Gasteiger partial charge in [-0.25, -0.2) is 0 Å². The quantitative estimate of drug-likeness (QED) is 0.797. The van der Waals surface area contributed by atoms with Crippen LogP contribution in [0, 0.1) is 0 Å². The lowest BCUT2D eigenvalue weighted by Crippen LogP contribution is -2.25. The first-order valence-electron chi connectivity index (χ1n) is 5.58. The van der Waals surface area contributed by atoms with Crippen LogP contribution in [0.4, 0.5) is 11.4 Å². The van der Waals surface area contributed by atoms with E-state index in [4.69, 9.17) is 36.0 Å². The van der Waals surface area contributed by atoms with E-state index >= 15 is 0 Å². The van der Waals surface area contributed by atoms with Gasteiger partial charge in [0.25, 0.3) is 0 Å². The molecular formula is C14H11ClN2S2. The second kappa shape index (κ2) is 6.61. The molecule has 2 nitrogen and oxygen atoms in total. The highest BCUT2D eigenvalue weighted by molar-refractivity contribution is 7.89. The molecule has 19 heavy (non-hydrogen) atoms. The molecule has 5 heteroatoms. The van der Waals surface area contributed by atoms with Gasteiger partial charge in [0, 0.05) is 16.4 Å². The summed E-state index contributed by atoms with van der Waals surface area (Å²) in [5, 5.41) is 6.82. The van der Waals surface area contributed by atoms with Crippen LogP contribution in [0.3, 0.4) is 0 Å². The molecule has 0 fully saturated rings. The van der Waals surface area contributed by atoms with Crippen molar-refractivity contribution < 1.29 is 0 Å². The van der Waals surface area contributed by atoms with Crippen LogP contribution in [-0.2, 0) is 0 Å². The first kappa shape index (κ1) is 13.9. The lowest BCUT2D eigenvalue weighted by Gasteiger charge is -2.11. The maximum atomic E-state index is 5.82. The van der Waals surface area contributed by atoms with Gasteiger partial charge in [0.15, 0.2) is 0 Å². The molecule has 2 N–H and O–H groups in total. The molecule has 96 valence electrons. The molecule has 0 amide bonds. The number of nitrogens with one attached hydrogen (secondary N) is 2. The summed E-state index contributed by atoms with van der Waals surface area (Å²) in [5.41, 5.74) is 1.76. The van der Waals surface area contributed by atoms with Gasteiger partial charge in [-0.2, -0.15) is 0 Å². The van der Waals surface area contributed by atoms with E-state index in [-0.39, 0.29) is 0 Å². The highest BCUT2D eigenvalue weighted by atomic mass is 35.5. The topological polar surface area (TPSA) is 24.1 Å². The molecule has 0 heterocycles. The monoisotopic (exact) mass is 306 g/mol. The Balaban J connectivity index is 1.96. The lowest BCUT2D eigenvalue weighted by atomic mass is 10.3. The Hall–Kier alpha value is -1.49. The van der Waals surface area contributed by atoms with Gasteiger partial charge >= 0.3 is 0 Å². The maximum absolute atomic E-state index is 5.82. The van der Waals surface area contributed by atoms with E-state index in [9.17, 15) is 0 Å². The van der Waals surface area contributed by atoms with Gasteiger partial charge in [-0.1, -0.05) is 54.2 Å². The number of halogens is 1. The Kier molecular flexibility index (Phi) is 4.85. The molecule has 0 radical (unpaired) electrons. The summed E-state index contributed by atoms with van der Waals surface area (Å²) in [5.74, 6) is 0. The predicted octanol–water partition coefficient (Wildman–Crippen LogP) is 4.52. The molecule has 0 bridgehead atoms. The van der Waals surface area contributed by atoms with Crippen molar-refractivity contribution in [1.29, 1.82) is 0 Å². The minimum absolute atomic E-state index is 0.473. The van der Waals surface area contributed by atoms with Gasteiger partial charge in [0.2, 0.25) is 0 Å². The van der Waals surface area contributed by atoms with Crippen molar-refractivity contribution in [2.24, 2.45) is 0 Å². The van der Waals surface area contributed by atoms with Crippen LogP contribution in [0.1, 0.15) is 0 Å². The first-order valence-corrected chi connectivity index (χ1v) is 6.77. The largest absolute Gasteiger partial charge is 0.344 e. The second-order valence-corrected chi connectivity index (χ2v) is 5.03. The summed E-state index contributed by atoms with van der Waals surface area (Å²) >= 11 is 16.3. The number of benzene rings is 2. The number of thiocarbonyl (C=S) groups is 2. The van der Waals surface area contributed by atoms with Crippen molar-refractivity contribution in [1.82, 2.24) is 0 Å². The van der Waals surface area contributed by atoms with Gasteiger partial charge in [-0.15, -0.1) is 0 Å². The highest BCUT2D eigenvalue weighted by Gasteiger charge is 2.05. The Labute approximate surface area is 127 Å². The Morgan fingerprint density at radius 3 is 1.74 bits per heavy atom. The molecule has 0 aliphatic heterocycles. The predicted molar refractivity (Wildman–Crippen MR) is 90.3 cm³/mol. The van der Waals surface area contributed by atoms with Crippen molar-refractivity contribution in [3.05, 3.63) is 59.6 Å². The van der Waals surface area contributed by atoms with E-state index in [1.165, 1.54) is 0 Å². The van der Waals surface area contributed by atoms with Crippen LogP contribution >= 0.6 is 36.0 Å². The minimum atomic E-state index is 0.473. The smallest absolute Gasteiger partial charge is 0.138 e. The summed E-state index contributed by atoms with van der Waals surface area (Å²) in [6.45, 7) is 0. The molecule has 0 atom stereocenters. The summed E-state index contributed by atoms with van der Waals surface area (Å²) in [6.07, 6.45) is 0. The molecule has 0 aromatic heterocycles. The first-order chi connectivity index (χ1) is 9.15. The summed E-state index contributed by atoms with van der Waals surface area (Å²) in [6, 6.07) is 16.9. The van der Waals surface area contributed by atoms with Crippen LogP contribution < -0.4 is 10.6 Å². The van der Waals surface area contributed by atoms with Crippen molar-refractivity contribution in [3.63, 3.8) is 0 Å². The van der Waals surface area contributed by atoms with Crippen LogP contribution in [0.15, 0.2) is 54.6 Å². The molecule has 0 saturated carbocycles. The zero-order valence-electron chi connectivity index (χ0n) is 9.89. The number of para-hydroxylation sites is 1. The molecule has 0 aliphatic carbocycles. The fourth-order valence-electron chi connectivity index (χ4n) is 1.43. The van der Waals surface area contributed by atoms with Crippen LogP contribution in [-0.4, -0.2) is 9.98 Å². The molecule has 2 aromatic rings. The van der Waals surface area contributed by atoms with Gasteiger partial charge in [-0.3, -0.25) is 0 Å². The van der Waals surface area contributed by atoms with E-state index in [1.807, 2.05) is 42.5 Å². The zero-order valence-corrected chi connectivity index (χ0v) is 12.3. The number of rotatable bonds is 2. The third-order valence-electron chi connectivity index (χ3n) is 2.34. The lowest BCUT2D eigenvalue weighted by molar-refractivity contribution is 1.64. The second-order valence-electron chi connectivity index (χ2n) is 3.78. The number of anilines is 2. The maximum Gasteiger partial charge on any atom is 0.138 e. The van der Waals surface area contributed by atoms with Gasteiger partial charge < -0.3 is 10.6 Å². The molecule has 2 aromatic carbocycles. The molecule has 2 rings (SSSR count). The van der Waals surface area contributed by atoms with Crippen LogP contribution in [0.25, 0.3) is 0 Å². The van der Waals surface area contributed by atoms with Crippen molar-refractivity contribution in [2.45, 2.75) is 0 Å². The molecule has 0 saturated heterocycles. The fraction of sp³-hybridized carbons (Fsp3) is 0. The Morgan fingerprint density at radius 2 is 1.21 bits per heavy atom. The number of hydrogen-bond donors (Lipinski definition) is 2. The average Bonchev–Trinajstić information content (AvgIpc) is 2.42.